The summed E-state index contributed by atoms with van der Waals surface area (Å²) in [4.78, 5) is 12.5. The summed E-state index contributed by atoms with van der Waals surface area (Å²) in [5.41, 5.74) is -1.38. The Labute approximate surface area is 154 Å². The summed E-state index contributed by atoms with van der Waals surface area (Å²) in [7, 11) is 0. The van der Waals surface area contributed by atoms with E-state index in [1.807, 2.05) is 13.8 Å². The predicted molar refractivity (Wildman–Crippen MR) is 89.0 cm³/mol. The Morgan fingerprint density at radius 2 is 1.73 bits per heavy atom. The lowest BCUT2D eigenvalue weighted by atomic mass is 9.79. The highest BCUT2D eigenvalue weighted by Crippen LogP contribution is 2.52. The fourth-order valence-corrected chi connectivity index (χ4v) is 3.80. The first-order chi connectivity index (χ1) is 11.8. The van der Waals surface area contributed by atoms with Crippen molar-refractivity contribution in [2.24, 2.45) is 5.41 Å². The van der Waals surface area contributed by atoms with E-state index in [2.05, 4.69) is 0 Å². The molecule has 0 amide bonds. The largest absolute Gasteiger partial charge is 0.465 e. The molecule has 1 unspecified atom stereocenters. The lowest BCUT2D eigenvalue weighted by Crippen LogP contribution is -2.58. The normalized spacial score (nSPS) is 41.2. The molecule has 3 saturated heterocycles. The van der Waals surface area contributed by atoms with Crippen molar-refractivity contribution in [2.75, 3.05) is 13.2 Å². The van der Waals surface area contributed by atoms with Crippen LogP contribution in [0.25, 0.3) is 0 Å². The van der Waals surface area contributed by atoms with E-state index in [0.29, 0.717) is 6.61 Å². The molecule has 150 valence electrons. The van der Waals surface area contributed by atoms with Crippen molar-refractivity contribution >= 4 is 5.97 Å². The minimum atomic E-state index is -1.93. The SMILES string of the molecule is CCOC(=O)C(C)(C)C1(O)O[C@@H]([C@H]2COC(C)(C)O2)[C@@H]2OC(C)(C)O[C@@H]21. The third-order valence-electron chi connectivity index (χ3n) is 5.23. The van der Waals surface area contributed by atoms with Crippen LogP contribution in [-0.4, -0.2) is 66.1 Å². The molecule has 0 aliphatic carbocycles. The monoisotopic (exact) mass is 374 g/mol. The van der Waals surface area contributed by atoms with Gasteiger partial charge < -0.3 is 33.5 Å². The number of rotatable bonds is 4. The summed E-state index contributed by atoms with van der Waals surface area (Å²) in [6, 6.07) is 0. The number of hydrogen-bond donors (Lipinski definition) is 1. The topological polar surface area (TPSA) is 92.7 Å². The quantitative estimate of drug-likeness (QED) is 0.737. The van der Waals surface area contributed by atoms with Crippen LogP contribution in [0, 0.1) is 5.41 Å². The molecule has 1 N–H and O–H groups in total. The van der Waals surface area contributed by atoms with E-state index >= 15 is 0 Å². The molecule has 0 spiro atoms. The average Bonchev–Trinajstić information content (AvgIpc) is 3.11. The fourth-order valence-electron chi connectivity index (χ4n) is 3.80. The highest BCUT2D eigenvalue weighted by molar-refractivity contribution is 5.77. The van der Waals surface area contributed by atoms with Crippen molar-refractivity contribution in [3.63, 3.8) is 0 Å². The summed E-state index contributed by atoms with van der Waals surface area (Å²) in [5, 5.41) is 11.5. The summed E-state index contributed by atoms with van der Waals surface area (Å²) in [6.45, 7) is 12.5. The Bertz CT molecular complexity index is 572. The van der Waals surface area contributed by atoms with Crippen molar-refractivity contribution in [2.45, 2.75) is 90.2 Å². The molecule has 26 heavy (non-hydrogen) atoms. The second kappa shape index (κ2) is 6.12. The zero-order valence-electron chi connectivity index (χ0n) is 16.5. The second-order valence-electron chi connectivity index (χ2n) is 8.51. The molecule has 0 saturated carbocycles. The van der Waals surface area contributed by atoms with Crippen LogP contribution in [0.1, 0.15) is 48.5 Å². The van der Waals surface area contributed by atoms with Gasteiger partial charge in [-0.15, -0.1) is 0 Å². The van der Waals surface area contributed by atoms with E-state index < -0.39 is 53.2 Å². The van der Waals surface area contributed by atoms with Gasteiger partial charge in [-0.25, -0.2) is 0 Å². The lowest BCUT2D eigenvalue weighted by Gasteiger charge is -2.40. The van der Waals surface area contributed by atoms with E-state index in [1.165, 1.54) is 0 Å². The van der Waals surface area contributed by atoms with Gasteiger partial charge >= 0.3 is 5.97 Å². The number of fused-ring (bicyclic) bond motifs is 1. The number of aliphatic hydroxyl groups is 1. The van der Waals surface area contributed by atoms with E-state index in [4.69, 9.17) is 28.4 Å². The number of esters is 1. The van der Waals surface area contributed by atoms with Gasteiger partial charge in [-0.3, -0.25) is 4.79 Å². The first-order valence-corrected chi connectivity index (χ1v) is 9.08. The Kier molecular flexibility index (Phi) is 4.70. The number of ether oxygens (including phenoxy) is 6. The van der Waals surface area contributed by atoms with Gasteiger partial charge in [0.25, 0.3) is 0 Å². The molecular weight excluding hydrogens is 344 g/mol. The molecule has 5 atom stereocenters. The highest BCUT2D eigenvalue weighted by atomic mass is 16.8. The number of carbonyl (C=O) groups excluding carboxylic acids is 1. The van der Waals surface area contributed by atoms with Gasteiger partial charge in [0.15, 0.2) is 11.6 Å². The van der Waals surface area contributed by atoms with Gasteiger partial charge in [0.05, 0.1) is 13.2 Å². The first kappa shape index (κ1) is 20.0. The first-order valence-electron chi connectivity index (χ1n) is 9.08. The van der Waals surface area contributed by atoms with Crippen molar-refractivity contribution in [3.8, 4) is 0 Å². The molecule has 0 radical (unpaired) electrons. The van der Waals surface area contributed by atoms with Crippen molar-refractivity contribution in [1.29, 1.82) is 0 Å². The van der Waals surface area contributed by atoms with E-state index in [0.717, 1.165) is 0 Å². The van der Waals surface area contributed by atoms with Crippen LogP contribution >= 0.6 is 0 Å². The maximum Gasteiger partial charge on any atom is 0.317 e. The predicted octanol–water partition coefficient (Wildman–Crippen LogP) is 1.33. The lowest BCUT2D eigenvalue weighted by molar-refractivity contribution is -0.319. The molecular formula is C18H30O8. The molecule has 3 aliphatic heterocycles. The smallest absolute Gasteiger partial charge is 0.317 e. The van der Waals surface area contributed by atoms with Crippen molar-refractivity contribution in [1.82, 2.24) is 0 Å². The van der Waals surface area contributed by atoms with Crippen LogP contribution in [0.4, 0.5) is 0 Å². The minimum Gasteiger partial charge on any atom is -0.465 e. The van der Waals surface area contributed by atoms with E-state index in [1.54, 1.807) is 34.6 Å². The third-order valence-corrected chi connectivity index (χ3v) is 5.23. The summed E-state index contributed by atoms with van der Waals surface area (Å²) < 4.78 is 34.7. The minimum absolute atomic E-state index is 0.201. The molecule has 3 heterocycles. The zero-order valence-corrected chi connectivity index (χ0v) is 16.5. The molecule has 0 aromatic heterocycles. The molecule has 3 fully saturated rings. The van der Waals surface area contributed by atoms with Crippen LogP contribution < -0.4 is 0 Å². The molecule has 3 rings (SSSR count). The van der Waals surface area contributed by atoms with Gasteiger partial charge in [-0.1, -0.05) is 0 Å². The molecule has 3 aliphatic rings. The van der Waals surface area contributed by atoms with Crippen molar-refractivity contribution in [3.05, 3.63) is 0 Å². The Morgan fingerprint density at radius 3 is 2.27 bits per heavy atom. The maximum absolute atomic E-state index is 12.5. The van der Waals surface area contributed by atoms with Gasteiger partial charge in [-0.2, -0.15) is 0 Å². The Hall–Kier alpha value is -0.770. The van der Waals surface area contributed by atoms with Crippen LogP contribution in [0.5, 0.6) is 0 Å². The van der Waals surface area contributed by atoms with Gasteiger partial charge in [0.2, 0.25) is 5.79 Å². The molecule has 0 aromatic rings. The summed E-state index contributed by atoms with van der Waals surface area (Å²) >= 11 is 0. The zero-order chi connectivity index (χ0) is 19.5. The van der Waals surface area contributed by atoms with Crippen LogP contribution in [0.2, 0.25) is 0 Å². The maximum atomic E-state index is 12.5. The summed E-state index contributed by atoms with van der Waals surface area (Å²) in [5.74, 6) is -4.18. The van der Waals surface area contributed by atoms with Gasteiger partial charge in [0.1, 0.15) is 29.8 Å². The van der Waals surface area contributed by atoms with Gasteiger partial charge in [0, 0.05) is 0 Å². The summed E-state index contributed by atoms with van der Waals surface area (Å²) in [6.07, 6.45) is -2.58. The average molecular weight is 374 g/mol. The van der Waals surface area contributed by atoms with E-state index in [9.17, 15) is 9.90 Å². The van der Waals surface area contributed by atoms with Gasteiger partial charge in [-0.05, 0) is 48.5 Å². The second-order valence-corrected chi connectivity index (χ2v) is 8.51. The molecule has 0 aromatic carbocycles. The number of hydrogen-bond acceptors (Lipinski definition) is 8. The fraction of sp³-hybridized carbons (Fsp3) is 0.944. The number of carbonyl (C=O) groups is 1. The highest BCUT2D eigenvalue weighted by Gasteiger charge is 2.71. The Balaban J connectivity index is 1.93. The van der Waals surface area contributed by atoms with Crippen LogP contribution in [-0.2, 0) is 33.2 Å². The van der Waals surface area contributed by atoms with Crippen molar-refractivity contribution < 1.29 is 38.3 Å². The third kappa shape index (κ3) is 3.06. The van der Waals surface area contributed by atoms with Crippen LogP contribution in [0.15, 0.2) is 0 Å². The molecule has 0 bridgehead atoms. The van der Waals surface area contributed by atoms with E-state index in [-0.39, 0.29) is 6.61 Å². The molecule has 8 nitrogen and oxygen atoms in total. The van der Waals surface area contributed by atoms with Crippen LogP contribution in [0.3, 0.4) is 0 Å². The standard InChI is InChI=1S/C18H30O8/c1-8-21-14(19)15(2,3)18(20)13-12(24-17(6,7)26-13)11(25-18)10-9-22-16(4,5)23-10/h10-13,20H,8-9H2,1-7H3/t10-,11+,12+,13+,18?/m1/s1. The molecule has 8 heteroatoms. The Morgan fingerprint density at radius 1 is 1.08 bits per heavy atom.